The van der Waals surface area contributed by atoms with E-state index >= 15 is 0 Å². The van der Waals surface area contributed by atoms with Crippen molar-refractivity contribution in [2.75, 3.05) is 20.3 Å². The molecule has 0 aliphatic heterocycles. The van der Waals surface area contributed by atoms with Crippen LogP contribution < -0.4 is 9.47 Å². The number of hydrogen-bond donors (Lipinski definition) is 0. The average Bonchev–Trinajstić information content (AvgIpc) is 2.96. The molecule has 0 spiro atoms. The Kier molecular flexibility index (Phi) is 24.1. The highest BCUT2D eigenvalue weighted by Crippen LogP contribution is 2.24. The Morgan fingerprint density at radius 1 is 0.600 bits per heavy atom. The van der Waals surface area contributed by atoms with Gasteiger partial charge in [-0.25, -0.2) is 0 Å². The van der Waals surface area contributed by atoms with E-state index in [0.29, 0.717) is 13.2 Å². The van der Waals surface area contributed by atoms with Crippen molar-refractivity contribution in [3.05, 3.63) is 48.1 Å². The molecule has 0 fully saturated rings. The minimum absolute atomic E-state index is 0.229. The number of carbonyl (C=O) groups is 1. The van der Waals surface area contributed by atoms with Gasteiger partial charge in [-0.15, -0.1) is 0 Å². The Morgan fingerprint density at radius 2 is 1.05 bits per heavy atom. The summed E-state index contributed by atoms with van der Waals surface area (Å²) in [6, 6.07) is 5.83. The SMILES string of the molecule is CCCCC/C=C\C/C=C\CCCCCCCCOc1cc(CC(=O)OC)cc(OCCCCCCCCC)c1. The Morgan fingerprint density at radius 3 is 1.57 bits per heavy atom. The van der Waals surface area contributed by atoms with Crippen LogP contribution in [-0.4, -0.2) is 26.3 Å². The number of methoxy groups -OCH3 is 1. The largest absolute Gasteiger partial charge is 0.493 e. The first-order valence-electron chi connectivity index (χ1n) is 16.5. The van der Waals surface area contributed by atoms with Crippen molar-refractivity contribution in [1.82, 2.24) is 0 Å². The molecule has 0 saturated heterocycles. The highest BCUT2D eigenvalue weighted by Gasteiger charge is 2.08. The first-order chi connectivity index (χ1) is 19.7. The summed E-state index contributed by atoms with van der Waals surface area (Å²) in [5.74, 6) is 1.30. The molecule has 4 heteroatoms. The number of unbranched alkanes of at least 4 members (excludes halogenated alkanes) is 15. The highest BCUT2D eigenvalue weighted by atomic mass is 16.5. The zero-order chi connectivity index (χ0) is 28.9. The number of hydrogen-bond acceptors (Lipinski definition) is 4. The Bertz CT molecular complexity index is 783. The fourth-order valence-corrected chi connectivity index (χ4v) is 4.67. The van der Waals surface area contributed by atoms with E-state index in [0.717, 1.165) is 36.3 Å². The van der Waals surface area contributed by atoms with Crippen LogP contribution >= 0.6 is 0 Å². The van der Waals surface area contributed by atoms with Crippen LogP contribution in [0.2, 0.25) is 0 Å². The molecule has 1 aromatic carbocycles. The Hall–Kier alpha value is -2.23. The molecule has 0 N–H and O–H groups in total. The number of allylic oxidation sites excluding steroid dienone is 4. The molecule has 0 heterocycles. The van der Waals surface area contributed by atoms with Crippen LogP contribution in [0.1, 0.15) is 141 Å². The summed E-state index contributed by atoms with van der Waals surface area (Å²) in [6.45, 7) is 5.88. The van der Waals surface area contributed by atoms with E-state index in [4.69, 9.17) is 14.2 Å². The Labute approximate surface area is 247 Å². The van der Waals surface area contributed by atoms with Gasteiger partial charge in [0.1, 0.15) is 11.5 Å². The highest BCUT2D eigenvalue weighted by molar-refractivity contribution is 5.72. The minimum atomic E-state index is -0.250. The third-order valence-electron chi connectivity index (χ3n) is 7.15. The smallest absolute Gasteiger partial charge is 0.309 e. The summed E-state index contributed by atoms with van der Waals surface area (Å²) in [6.07, 6.45) is 33.1. The van der Waals surface area contributed by atoms with Crippen molar-refractivity contribution >= 4 is 5.97 Å². The second-order valence-electron chi connectivity index (χ2n) is 11.0. The molecule has 0 atom stereocenters. The summed E-state index contributed by atoms with van der Waals surface area (Å²) in [5.41, 5.74) is 0.871. The van der Waals surface area contributed by atoms with Crippen molar-refractivity contribution in [2.24, 2.45) is 0 Å². The predicted octanol–water partition coefficient (Wildman–Crippen LogP) is 10.7. The number of carbonyl (C=O) groups excluding carboxylic acids is 1. The van der Waals surface area contributed by atoms with Crippen molar-refractivity contribution in [2.45, 2.75) is 142 Å². The van der Waals surface area contributed by atoms with Gasteiger partial charge in [0, 0.05) is 6.07 Å². The maximum Gasteiger partial charge on any atom is 0.309 e. The maximum atomic E-state index is 11.8. The molecule has 0 amide bonds. The zero-order valence-electron chi connectivity index (χ0n) is 26.2. The lowest BCUT2D eigenvalue weighted by molar-refractivity contribution is -0.139. The van der Waals surface area contributed by atoms with Crippen molar-refractivity contribution in [3.63, 3.8) is 0 Å². The topological polar surface area (TPSA) is 44.8 Å². The maximum absolute atomic E-state index is 11.8. The average molecular weight is 557 g/mol. The van der Waals surface area contributed by atoms with Crippen LogP contribution in [0.4, 0.5) is 0 Å². The molecule has 4 nitrogen and oxygen atoms in total. The second-order valence-corrected chi connectivity index (χ2v) is 11.0. The fraction of sp³-hybridized carbons (Fsp3) is 0.694. The third-order valence-corrected chi connectivity index (χ3v) is 7.15. The predicted molar refractivity (Wildman–Crippen MR) is 171 cm³/mol. The molecular formula is C36H60O4. The lowest BCUT2D eigenvalue weighted by atomic mass is 10.1. The van der Waals surface area contributed by atoms with Gasteiger partial charge in [-0.3, -0.25) is 4.79 Å². The standard InChI is InChI=1S/C36H60O4/c1-4-6-8-10-12-13-14-15-16-17-18-19-20-22-24-26-28-40-35-30-33(31-36(37)38-3)29-34(32-35)39-27-25-23-21-11-9-7-5-2/h12-13,15-16,29-30,32H,4-11,14,17-28,31H2,1-3H3/b13-12-,16-15-. The molecule has 40 heavy (non-hydrogen) atoms. The number of rotatable bonds is 27. The van der Waals surface area contributed by atoms with Gasteiger partial charge in [0.2, 0.25) is 0 Å². The van der Waals surface area contributed by atoms with Crippen LogP contribution in [0.3, 0.4) is 0 Å². The molecular weight excluding hydrogens is 496 g/mol. The Balaban J connectivity index is 2.21. The lowest BCUT2D eigenvalue weighted by Crippen LogP contribution is -2.06. The van der Waals surface area contributed by atoms with Crippen LogP contribution in [0.15, 0.2) is 42.5 Å². The summed E-state index contributed by atoms with van der Waals surface area (Å²) in [7, 11) is 1.42. The van der Waals surface area contributed by atoms with E-state index in [1.807, 2.05) is 18.2 Å². The fourth-order valence-electron chi connectivity index (χ4n) is 4.67. The molecule has 0 aliphatic carbocycles. The molecule has 0 radical (unpaired) electrons. The number of ether oxygens (including phenoxy) is 3. The van der Waals surface area contributed by atoms with E-state index in [-0.39, 0.29) is 12.4 Å². The molecule has 0 aliphatic rings. The normalized spacial score (nSPS) is 11.5. The second kappa shape index (κ2) is 27.0. The molecule has 1 rings (SSSR count). The van der Waals surface area contributed by atoms with E-state index < -0.39 is 0 Å². The molecule has 228 valence electrons. The van der Waals surface area contributed by atoms with E-state index in [2.05, 4.69) is 38.2 Å². The van der Waals surface area contributed by atoms with Crippen molar-refractivity contribution < 1.29 is 19.0 Å². The molecule has 0 bridgehead atoms. The minimum Gasteiger partial charge on any atom is -0.493 e. The van der Waals surface area contributed by atoms with Crippen molar-refractivity contribution in [3.8, 4) is 11.5 Å². The number of esters is 1. The van der Waals surface area contributed by atoms with Gasteiger partial charge in [0.25, 0.3) is 0 Å². The van der Waals surface area contributed by atoms with E-state index in [9.17, 15) is 4.79 Å². The van der Waals surface area contributed by atoms with E-state index in [1.54, 1.807) is 0 Å². The van der Waals surface area contributed by atoms with Gasteiger partial charge < -0.3 is 14.2 Å². The monoisotopic (exact) mass is 556 g/mol. The summed E-state index contributed by atoms with van der Waals surface area (Å²) in [4.78, 5) is 11.8. The van der Waals surface area contributed by atoms with Gasteiger partial charge in [-0.05, 0) is 62.6 Å². The summed E-state index contributed by atoms with van der Waals surface area (Å²) in [5, 5.41) is 0. The first-order valence-corrected chi connectivity index (χ1v) is 16.5. The van der Waals surface area contributed by atoms with Crippen molar-refractivity contribution in [1.29, 1.82) is 0 Å². The lowest BCUT2D eigenvalue weighted by Gasteiger charge is -2.12. The van der Waals surface area contributed by atoms with Crippen LogP contribution in [-0.2, 0) is 16.0 Å². The molecule has 1 aromatic rings. The zero-order valence-corrected chi connectivity index (χ0v) is 26.2. The van der Waals surface area contributed by atoms with Gasteiger partial charge in [-0.2, -0.15) is 0 Å². The quantitative estimate of drug-likeness (QED) is 0.0614. The molecule has 0 unspecified atom stereocenters. The summed E-state index contributed by atoms with van der Waals surface area (Å²) >= 11 is 0. The third kappa shape index (κ3) is 21.6. The molecule has 0 aromatic heterocycles. The van der Waals surface area contributed by atoms with E-state index in [1.165, 1.54) is 110 Å². The van der Waals surface area contributed by atoms with Gasteiger partial charge >= 0.3 is 5.97 Å². The van der Waals surface area contributed by atoms with Crippen LogP contribution in [0.25, 0.3) is 0 Å². The molecule has 0 saturated carbocycles. The van der Waals surface area contributed by atoms with Gasteiger partial charge in [-0.1, -0.05) is 115 Å². The number of benzene rings is 1. The van der Waals surface area contributed by atoms with Crippen LogP contribution in [0, 0.1) is 0 Å². The van der Waals surface area contributed by atoms with Crippen LogP contribution in [0.5, 0.6) is 11.5 Å². The summed E-state index contributed by atoms with van der Waals surface area (Å²) < 4.78 is 16.9. The first kappa shape index (κ1) is 35.8. The van der Waals surface area contributed by atoms with Gasteiger partial charge in [0.05, 0.1) is 26.7 Å². The van der Waals surface area contributed by atoms with Gasteiger partial charge in [0.15, 0.2) is 0 Å².